The Hall–Kier alpha value is -1.02. The van der Waals surface area contributed by atoms with Crippen molar-refractivity contribution < 1.29 is 0 Å². The van der Waals surface area contributed by atoms with Crippen LogP contribution in [0.3, 0.4) is 0 Å². The number of nitrogens with one attached hydrogen (secondary N) is 1. The predicted octanol–water partition coefficient (Wildman–Crippen LogP) is 3.46. The van der Waals surface area contributed by atoms with Crippen molar-refractivity contribution in [3.8, 4) is 0 Å². The quantitative estimate of drug-likeness (QED) is 0.778. The Kier molecular flexibility index (Phi) is 4.15. The maximum absolute atomic E-state index is 6.13. The number of hydrogen-bond donors (Lipinski definition) is 2. The van der Waals surface area contributed by atoms with Gasteiger partial charge in [-0.3, -0.25) is 0 Å². The zero-order chi connectivity index (χ0) is 11.4. The summed E-state index contributed by atoms with van der Waals surface area (Å²) in [7, 11) is 0. The van der Waals surface area contributed by atoms with Crippen molar-refractivity contribution in [3.63, 3.8) is 0 Å². The molecule has 0 saturated heterocycles. The van der Waals surface area contributed by atoms with Gasteiger partial charge in [-0.15, -0.1) is 0 Å². The van der Waals surface area contributed by atoms with Crippen molar-refractivity contribution in [1.29, 1.82) is 0 Å². The van der Waals surface area contributed by atoms with Crippen LogP contribution in [0.1, 0.15) is 55.2 Å². The lowest BCUT2D eigenvalue weighted by molar-refractivity contribution is 0.621. The van der Waals surface area contributed by atoms with Crippen LogP contribution in [0.5, 0.6) is 0 Å². The third kappa shape index (κ3) is 2.51. The summed E-state index contributed by atoms with van der Waals surface area (Å²) >= 11 is 0. The van der Waals surface area contributed by atoms with Gasteiger partial charge in [-0.1, -0.05) is 19.4 Å². The van der Waals surface area contributed by atoms with E-state index in [9.17, 15) is 0 Å². The minimum atomic E-state index is 0.146. The van der Waals surface area contributed by atoms with Crippen LogP contribution in [-0.2, 0) is 0 Å². The SMILES string of the molecule is C/C=C\c1[nH]c(C(N)CCC)c(C)c1C. The van der Waals surface area contributed by atoms with Gasteiger partial charge in [0.2, 0.25) is 0 Å². The highest BCUT2D eigenvalue weighted by molar-refractivity contribution is 5.54. The molecule has 3 N–H and O–H groups in total. The largest absolute Gasteiger partial charge is 0.357 e. The number of rotatable bonds is 4. The van der Waals surface area contributed by atoms with Gasteiger partial charge in [0.25, 0.3) is 0 Å². The Morgan fingerprint density at radius 3 is 2.53 bits per heavy atom. The molecule has 0 fully saturated rings. The molecular weight excluding hydrogens is 184 g/mol. The van der Waals surface area contributed by atoms with Crippen LogP contribution >= 0.6 is 0 Å². The standard InChI is InChI=1S/C13H22N2/c1-5-7-11(14)13-10(4)9(3)12(15-13)8-6-2/h6,8,11,15H,5,7,14H2,1-4H3/b8-6-. The van der Waals surface area contributed by atoms with Gasteiger partial charge < -0.3 is 10.7 Å². The number of allylic oxidation sites excluding steroid dienone is 1. The van der Waals surface area contributed by atoms with E-state index in [4.69, 9.17) is 5.73 Å². The van der Waals surface area contributed by atoms with Gasteiger partial charge in [-0.2, -0.15) is 0 Å². The lowest BCUT2D eigenvalue weighted by Gasteiger charge is -2.09. The molecule has 1 unspecified atom stereocenters. The molecule has 0 aliphatic carbocycles. The Labute approximate surface area is 92.6 Å². The summed E-state index contributed by atoms with van der Waals surface area (Å²) in [5.41, 5.74) is 11.1. The number of nitrogens with two attached hydrogens (primary N) is 1. The Morgan fingerprint density at radius 1 is 1.33 bits per heavy atom. The number of H-pyrrole nitrogens is 1. The van der Waals surface area contributed by atoms with Crippen molar-refractivity contribution in [3.05, 3.63) is 28.6 Å². The summed E-state index contributed by atoms with van der Waals surface area (Å²) in [5, 5.41) is 0. The van der Waals surface area contributed by atoms with E-state index in [0.717, 1.165) is 12.8 Å². The second kappa shape index (κ2) is 5.17. The third-order valence-electron chi connectivity index (χ3n) is 2.94. The van der Waals surface area contributed by atoms with E-state index in [2.05, 4.69) is 31.8 Å². The fourth-order valence-corrected chi connectivity index (χ4v) is 1.90. The summed E-state index contributed by atoms with van der Waals surface area (Å²) in [5.74, 6) is 0. The molecule has 0 bridgehead atoms. The van der Waals surface area contributed by atoms with Gasteiger partial charge in [0.15, 0.2) is 0 Å². The smallest absolute Gasteiger partial charge is 0.0450 e. The van der Waals surface area contributed by atoms with Crippen LogP contribution in [0.4, 0.5) is 0 Å². The summed E-state index contributed by atoms with van der Waals surface area (Å²) in [4.78, 5) is 3.42. The van der Waals surface area contributed by atoms with E-state index in [1.54, 1.807) is 0 Å². The maximum atomic E-state index is 6.13. The molecule has 1 aromatic rings. The molecule has 15 heavy (non-hydrogen) atoms. The highest BCUT2D eigenvalue weighted by Gasteiger charge is 2.13. The molecule has 0 aliphatic heterocycles. The van der Waals surface area contributed by atoms with Crippen LogP contribution in [0, 0.1) is 13.8 Å². The zero-order valence-electron chi connectivity index (χ0n) is 10.2. The molecule has 1 rings (SSSR count). The monoisotopic (exact) mass is 206 g/mol. The summed E-state index contributed by atoms with van der Waals surface area (Å²) in [6, 6.07) is 0.146. The minimum Gasteiger partial charge on any atom is -0.357 e. The van der Waals surface area contributed by atoms with E-state index >= 15 is 0 Å². The fraction of sp³-hybridized carbons (Fsp3) is 0.538. The van der Waals surface area contributed by atoms with Gasteiger partial charge in [-0.05, 0) is 44.4 Å². The Balaban J connectivity index is 3.04. The van der Waals surface area contributed by atoms with Crippen LogP contribution in [0.25, 0.3) is 6.08 Å². The molecule has 1 aromatic heterocycles. The molecule has 0 saturated carbocycles. The Bertz CT molecular complexity index is 348. The molecule has 0 amide bonds. The van der Waals surface area contributed by atoms with Crippen LogP contribution < -0.4 is 5.73 Å². The van der Waals surface area contributed by atoms with Gasteiger partial charge in [0, 0.05) is 17.4 Å². The maximum Gasteiger partial charge on any atom is 0.0450 e. The number of aromatic nitrogens is 1. The third-order valence-corrected chi connectivity index (χ3v) is 2.94. The van der Waals surface area contributed by atoms with Gasteiger partial charge in [-0.25, -0.2) is 0 Å². The van der Waals surface area contributed by atoms with E-state index in [-0.39, 0.29) is 6.04 Å². The molecule has 0 aliphatic rings. The lowest BCUT2D eigenvalue weighted by atomic mass is 10.0. The van der Waals surface area contributed by atoms with Crippen LogP contribution in [-0.4, -0.2) is 4.98 Å². The highest BCUT2D eigenvalue weighted by Crippen LogP contribution is 2.24. The van der Waals surface area contributed by atoms with Crippen LogP contribution in [0.2, 0.25) is 0 Å². The van der Waals surface area contributed by atoms with E-state index in [1.165, 1.54) is 22.5 Å². The average Bonchev–Trinajstić information content (AvgIpc) is 2.47. The van der Waals surface area contributed by atoms with Crippen molar-refractivity contribution in [2.24, 2.45) is 5.73 Å². The van der Waals surface area contributed by atoms with Crippen molar-refractivity contribution in [2.75, 3.05) is 0 Å². The number of hydrogen-bond acceptors (Lipinski definition) is 1. The summed E-state index contributed by atoms with van der Waals surface area (Å²) in [6.45, 7) is 8.48. The lowest BCUT2D eigenvalue weighted by Crippen LogP contribution is -2.11. The molecule has 1 atom stereocenters. The first-order valence-corrected chi connectivity index (χ1v) is 5.69. The molecule has 1 heterocycles. The van der Waals surface area contributed by atoms with Crippen molar-refractivity contribution in [2.45, 2.75) is 46.6 Å². The fourth-order valence-electron chi connectivity index (χ4n) is 1.90. The molecule has 0 aromatic carbocycles. The van der Waals surface area contributed by atoms with Gasteiger partial charge in [0.1, 0.15) is 0 Å². The average molecular weight is 206 g/mol. The number of aromatic amines is 1. The van der Waals surface area contributed by atoms with Crippen molar-refractivity contribution >= 4 is 6.08 Å². The topological polar surface area (TPSA) is 41.8 Å². The molecule has 84 valence electrons. The van der Waals surface area contributed by atoms with Crippen molar-refractivity contribution in [1.82, 2.24) is 4.98 Å². The first kappa shape index (κ1) is 12.1. The second-order valence-corrected chi connectivity index (χ2v) is 4.10. The molecule has 2 nitrogen and oxygen atoms in total. The molecule has 0 radical (unpaired) electrons. The minimum absolute atomic E-state index is 0.146. The first-order chi connectivity index (χ1) is 7.11. The highest BCUT2D eigenvalue weighted by atomic mass is 14.8. The first-order valence-electron chi connectivity index (χ1n) is 5.69. The van der Waals surface area contributed by atoms with E-state index in [0.29, 0.717) is 0 Å². The molecule has 2 heteroatoms. The Morgan fingerprint density at radius 2 is 2.00 bits per heavy atom. The molecule has 0 spiro atoms. The van der Waals surface area contributed by atoms with E-state index in [1.807, 2.05) is 13.0 Å². The van der Waals surface area contributed by atoms with Gasteiger partial charge >= 0.3 is 0 Å². The predicted molar refractivity (Wildman–Crippen MR) is 66.8 cm³/mol. The zero-order valence-corrected chi connectivity index (χ0v) is 10.2. The summed E-state index contributed by atoms with van der Waals surface area (Å²) in [6.07, 6.45) is 6.31. The van der Waals surface area contributed by atoms with Gasteiger partial charge in [0.05, 0.1) is 0 Å². The van der Waals surface area contributed by atoms with E-state index < -0.39 is 0 Å². The van der Waals surface area contributed by atoms with Crippen LogP contribution in [0.15, 0.2) is 6.08 Å². The molecular formula is C13H22N2. The second-order valence-electron chi connectivity index (χ2n) is 4.10. The normalized spacial score (nSPS) is 13.7. The summed E-state index contributed by atoms with van der Waals surface area (Å²) < 4.78 is 0.